The lowest BCUT2D eigenvalue weighted by atomic mass is 10.0. The SMILES string of the molecule is OC(CCc1ccc2c(c1)CCO2)c1ccoc1Cl. The number of rotatable bonds is 4. The average molecular weight is 279 g/mol. The van der Waals surface area contributed by atoms with Crippen LogP contribution in [0.4, 0.5) is 0 Å². The Morgan fingerprint density at radius 1 is 1.32 bits per heavy atom. The van der Waals surface area contributed by atoms with Crippen LogP contribution in [0.3, 0.4) is 0 Å². The Morgan fingerprint density at radius 3 is 3.00 bits per heavy atom. The van der Waals surface area contributed by atoms with E-state index in [-0.39, 0.29) is 5.22 Å². The quantitative estimate of drug-likeness (QED) is 0.930. The maximum Gasteiger partial charge on any atom is 0.198 e. The summed E-state index contributed by atoms with van der Waals surface area (Å²) in [5.74, 6) is 0.988. The number of aliphatic hydroxyl groups is 1. The van der Waals surface area contributed by atoms with Crippen molar-refractivity contribution in [1.82, 2.24) is 0 Å². The molecular formula is C15H15ClO3. The van der Waals surface area contributed by atoms with Gasteiger partial charge in [0.15, 0.2) is 5.22 Å². The van der Waals surface area contributed by atoms with Crippen LogP contribution in [0.5, 0.6) is 5.75 Å². The third-order valence-electron chi connectivity index (χ3n) is 3.47. The molecule has 1 aromatic heterocycles. The molecule has 1 aliphatic heterocycles. The molecule has 3 nitrogen and oxygen atoms in total. The predicted octanol–water partition coefficient (Wildman–Crippen LogP) is 3.53. The molecule has 0 bridgehead atoms. The van der Waals surface area contributed by atoms with Crippen LogP contribution < -0.4 is 4.74 Å². The first kappa shape index (κ1) is 12.6. The number of benzene rings is 1. The zero-order valence-corrected chi connectivity index (χ0v) is 11.2. The largest absolute Gasteiger partial charge is 0.493 e. The minimum Gasteiger partial charge on any atom is -0.493 e. The Bertz CT molecular complexity index is 577. The molecule has 1 unspecified atom stereocenters. The van der Waals surface area contributed by atoms with Crippen molar-refractivity contribution in [2.24, 2.45) is 0 Å². The fraction of sp³-hybridized carbons (Fsp3) is 0.333. The van der Waals surface area contributed by atoms with Gasteiger partial charge in [0, 0.05) is 12.0 Å². The van der Waals surface area contributed by atoms with E-state index < -0.39 is 6.10 Å². The second-order valence-electron chi connectivity index (χ2n) is 4.74. The third kappa shape index (κ3) is 2.62. The van der Waals surface area contributed by atoms with E-state index in [1.807, 2.05) is 12.1 Å². The first-order valence-electron chi connectivity index (χ1n) is 6.39. The van der Waals surface area contributed by atoms with Crippen LogP contribution in [0.15, 0.2) is 34.9 Å². The summed E-state index contributed by atoms with van der Waals surface area (Å²) in [6, 6.07) is 7.93. The maximum absolute atomic E-state index is 10.1. The zero-order chi connectivity index (χ0) is 13.2. The van der Waals surface area contributed by atoms with Gasteiger partial charge in [0.2, 0.25) is 0 Å². The summed E-state index contributed by atoms with van der Waals surface area (Å²) < 4.78 is 10.5. The Labute approximate surface area is 116 Å². The van der Waals surface area contributed by atoms with Crippen LogP contribution in [-0.4, -0.2) is 11.7 Å². The fourth-order valence-electron chi connectivity index (χ4n) is 2.40. The predicted molar refractivity (Wildman–Crippen MR) is 72.6 cm³/mol. The molecule has 0 saturated heterocycles. The highest BCUT2D eigenvalue weighted by Crippen LogP contribution is 2.29. The lowest BCUT2D eigenvalue weighted by Crippen LogP contribution is -1.99. The second-order valence-corrected chi connectivity index (χ2v) is 5.09. The molecule has 1 atom stereocenters. The molecule has 19 heavy (non-hydrogen) atoms. The molecule has 0 radical (unpaired) electrons. The van der Waals surface area contributed by atoms with Crippen LogP contribution in [0.1, 0.15) is 29.2 Å². The van der Waals surface area contributed by atoms with Gasteiger partial charge in [-0.05, 0) is 47.7 Å². The Kier molecular flexibility index (Phi) is 3.49. The number of hydrogen-bond donors (Lipinski definition) is 1. The Hall–Kier alpha value is -1.45. The van der Waals surface area contributed by atoms with Crippen molar-refractivity contribution in [1.29, 1.82) is 0 Å². The monoisotopic (exact) mass is 278 g/mol. The van der Waals surface area contributed by atoms with Crippen LogP contribution >= 0.6 is 11.6 Å². The van der Waals surface area contributed by atoms with Gasteiger partial charge >= 0.3 is 0 Å². The first-order valence-corrected chi connectivity index (χ1v) is 6.77. The van der Waals surface area contributed by atoms with Crippen LogP contribution in [0.25, 0.3) is 0 Å². The molecule has 1 N–H and O–H groups in total. The van der Waals surface area contributed by atoms with Gasteiger partial charge in [-0.3, -0.25) is 0 Å². The summed E-state index contributed by atoms with van der Waals surface area (Å²) >= 11 is 5.85. The van der Waals surface area contributed by atoms with E-state index in [1.165, 1.54) is 17.4 Å². The molecule has 0 amide bonds. The third-order valence-corrected chi connectivity index (χ3v) is 3.77. The highest BCUT2D eigenvalue weighted by Gasteiger charge is 2.15. The Balaban J connectivity index is 1.65. The van der Waals surface area contributed by atoms with E-state index in [2.05, 4.69) is 6.07 Å². The van der Waals surface area contributed by atoms with Crippen molar-refractivity contribution < 1.29 is 14.3 Å². The highest BCUT2D eigenvalue weighted by molar-refractivity contribution is 6.29. The summed E-state index contributed by atoms with van der Waals surface area (Å²) in [7, 11) is 0. The number of hydrogen-bond acceptors (Lipinski definition) is 3. The van der Waals surface area contributed by atoms with E-state index in [4.69, 9.17) is 20.8 Å². The molecule has 0 fully saturated rings. The molecule has 1 aliphatic rings. The van der Waals surface area contributed by atoms with Gasteiger partial charge < -0.3 is 14.3 Å². The van der Waals surface area contributed by atoms with E-state index in [0.29, 0.717) is 12.0 Å². The van der Waals surface area contributed by atoms with Crippen molar-refractivity contribution in [2.45, 2.75) is 25.4 Å². The molecule has 100 valence electrons. The summed E-state index contributed by atoms with van der Waals surface area (Å²) in [5, 5.41) is 10.3. The number of halogens is 1. The maximum atomic E-state index is 10.1. The van der Waals surface area contributed by atoms with E-state index >= 15 is 0 Å². The summed E-state index contributed by atoms with van der Waals surface area (Å²) in [4.78, 5) is 0. The summed E-state index contributed by atoms with van der Waals surface area (Å²) in [6.45, 7) is 0.770. The van der Waals surface area contributed by atoms with Gasteiger partial charge in [0.05, 0.1) is 19.0 Å². The van der Waals surface area contributed by atoms with Gasteiger partial charge in [-0.2, -0.15) is 0 Å². The number of ether oxygens (including phenoxy) is 1. The topological polar surface area (TPSA) is 42.6 Å². The van der Waals surface area contributed by atoms with Crippen molar-refractivity contribution in [3.63, 3.8) is 0 Å². The zero-order valence-electron chi connectivity index (χ0n) is 10.4. The minimum absolute atomic E-state index is 0.273. The van der Waals surface area contributed by atoms with Crippen molar-refractivity contribution >= 4 is 11.6 Å². The van der Waals surface area contributed by atoms with E-state index in [9.17, 15) is 5.11 Å². The molecule has 0 aliphatic carbocycles. The number of aryl methyl sites for hydroxylation is 1. The molecule has 3 rings (SSSR count). The molecule has 4 heteroatoms. The lowest BCUT2D eigenvalue weighted by molar-refractivity contribution is 0.167. The van der Waals surface area contributed by atoms with Gasteiger partial charge in [-0.25, -0.2) is 0 Å². The fourth-order valence-corrected chi connectivity index (χ4v) is 2.64. The highest BCUT2D eigenvalue weighted by atomic mass is 35.5. The van der Waals surface area contributed by atoms with Gasteiger partial charge in [-0.1, -0.05) is 12.1 Å². The smallest absolute Gasteiger partial charge is 0.198 e. The van der Waals surface area contributed by atoms with Gasteiger partial charge in [0.1, 0.15) is 5.75 Å². The van der Waals surface area contributed by atoms with Crippen LogP contribution in [0, 0.1) is 0 Å². The van der Waals surface area contributed by atoms with Crippen LogP contribution in [-0.2, 0) is 12.8 Å². The molecule has 2 aromatic rings. The second kappa shape index (κ2) is 5.27. The summed E-state index contributed by atoms with van der Waals surface area (Å²) in [6.07, 6.45) is 3.30. The van der Waals surface area contributed by atoms with Crippen molar-refractivity contribution in [3.8, 4) is 5.75 Å². The molecule has 2 heterocycles. The Morgan fingerprint density at radius 2 is 2.21 bits per heavy atom. The normalized spacial score (nSPS) is 15.1. The molecule has 0 spiro atoms. The first-order chi connectivity index (χ1) is 9.24. The summed E-state index contributed by atoms with van der Waals surface area (Å²) in [5.41, 5.74) is 3.13. The minimum atomic E-state index is -0.587. The molecule has 1 aromatic carbocycles. The lowest BCUT2D eigenvalue weighted by Gasteiger charge is -2.09. The van der Waals surface area contributed by atoms with Crippen molar-refractivity contribution in [3.05, 3.63) is 52.4 Å². The number of furan rings is 1. The molecular weight excluding hydrogens is 264 g/mol. The standard InChI is InChI=1S/C15H15ClO3/c16-15-12(6-8-19-15)13(17)3-1-10-2-4-14-11(9-10)5-7-18-14/h2,4,6,8-9,13,17H,1,3,5,7H2. The van der Waals surface area contributed by atoms with E-state index in [0.717, 1.165) is 25.2 Å². The number of aliphatic hydroxyl groups excluding tert-OH is 1. The van der Waals surface area contributed by atoms with E-state index in [1.54, 1.807) is 6.07 Å². The molecule has 0 saturated carbocycles. The van der Waals surface area contributed by atoms with Gasteiger partial charge in [-0.15, -0.1) is 0 Å². The van der Waals surface area contributed by atoms with Crippen molar-refractivity contribution in [2.75, 3.05) is 6.61 Å². The van der Waals surface area contributed by atoms with Crippen LogP contribution in [0.2, 0.25) is 5.22 Å². The van der Waals surface area contributed by atoms with Gasteiger partial charge in [0.25, 0.3) is 0 Å². The average Bonchev–Trinajstić information content (AvgIpc) is 3.03. The number of fused-ring (bicyclic) bond motifs is 1.